The van der Waals surface area contributed by atoms with Crippen LogP contribution in [0.3, 0.4) is 0 Å². The summed E-state index contributed by atoms with van der Waals surface area (Å²) < 4.78 is 28.7. The van der Waals surface area contributed by atoms with Gasteiger partial charge < -0.3 is 10.2 Å². The van der Waals surface area contributed by atoms with Crippen LogP contribution in [0.1, 0.15) is 44.6 Å². The number of halogens is 2. The number of anilines is 1. The van der Waals surface area contributed by atoms with Crippen molar-refractivity contribution in [2.45, 2.75) is 62.6 Å². The Morgan fingerprint density at radius 1 is 0.900 bits per heavy atom. The zero-order chi connectivity index (χ0) is 28.7. The summed E-state index contributed by atoms with van der Waals surface area (Å²) in [5, 5.41) is 4.09. The van der Waals surface area contributed by atoms with E-state index in [0.717, 1.165) is 35.6 Å². The molecule has 1 N–H and O–H groups in total. The second kappa shape index (κ2) is 13.5. The average molecular weight is 603 g/mol. The van der Waals surface area contributed by atoms with Gasteiger partial charge in [-0.2, -0.15) is 0 Å². The number of nitrogens with one attached hydrogen (secondary N) is 1. The Kier molecular flexibility index (Phi) is 10.1. The lowest BCUT2D eigenvalue weighted by molar-refractivity contribution is -0.140. The van der Waals surface area contributed by atoms with Crippen molar-refractivity contribution >= 4 is 50.7 Å². The molecule has 0 aliphatic heterocycles. The normalized spacial score (nSPS) is 14.5. The van der Waals surface area contributed by atoms with E-state index in [2.05, 4.69) is 5.32 Å². The topological polar surface area (TPSA) is 86.8 Å². The van der Waals surface area contributed by atoms with Crippen LogP contribution < -0.4 is 9.62 Å². The predicted molar refractivity (Wildman–Crippen MR) is 159 cm³/mol. The second-order valence-corrected chi connectivity index (χ2v) is 12.6. The molecule has 4 rings (SSSR count). The minimum Gasteiger partial charge on any atom is -0.352 e. The lowest BCUT2D eigenvalue weighted by Crippen LogP contribution is -2.53. The average Bonchev–Trinajstić information content (AvgIpc) is 3.46. The Bertz CT molecular complexity index is 1400. The summed E-state index contributed by atoms with van der Waals surface area (Å²) in [6.07, 6.45) is 4.30. The molecule has 1 aliphatic carbocycles. The molecule has 1 atom stereocenters. The minimum absolute atomic E-state index is 0.0491. The lowest BCUT2D eigenvalue weighted by atomic mass is 10.1. The number of hydrogen-bond donors (Lipinski definition) is 1. The molecule has 7 nitrogen and oxygen atoms in total. The molecule has 0 aromatic heterocycles. The lowest BCUT2D eigenvalue weighted by Gasteiger charge is -2.33. The first-order chi connectivity index (χ1) is 19.2. The van der Waals surface area contributed by atoms with Gasteiger partial charge in [0.2, 0.25) is 11.8 Å². The van der Waals surface area contributed by atoms with Gasteiger partial charge in [-0.15, -0.1) is 0 Å². The molecule has 0 bridgehead atoms. The van der Waals surface area contributed by atoms with E-state index in [1.807, 2.05) is 6.92 Å². The number of rotatable bonds is 11. The molecule has 10 heteroatoms. The zero-order valence-corrected chi connectivity index (χ0v) is 24.6. The SMILES string of the molecule is CCC(C(=O)NC1CCCC1)N(Cc1ccc(Cl)cc1)C(=O)CN(c1ccc(Cl)cc1)S(=O)(=O)c1ccccc1. The van der Waals surface area contributed by atoms with E-state index in [0.29, 0.717) is 16.5 Å². The smallest absolute Gasteiger partial charge is 0.264 e. The molecule has 1 unspecified atom stereocenters. The van der Waals surface area contributed by atoms with Gasteiger partial charge in [0.05, 0.1) is 10.6 Å². The molecule has 212 valence electrons. The first kappa shape index (κ1) is 29.9. The van der Waals surface area contributed by atoms with Gasteiger partial charge in [0.1, 0.15) is 12.6 Å². The van der Waals surface area contributed by atoms with E-state index in [1.165, 1.54) is 17.0 Å². The quantitative estimate of drug-likeness (QED) is 0.289. The summed E-state index contributed by atoms with van der Waals surface area (Å²) in [5.41, 5.74) is 1.06. The van der Waals surface area contributed by atoms with Crippen LogP contribution in [0.2, 0.25) is 10.0 Å². The van der Waals surface area contributed by atoms with E-state index < -0.39 is 28.5 Å². The molecular formula is C30H33Cl2N3O4S. The molecular weight excluding hydrogens is 569 g/mol. The largest absolute Gasteiger partial charge is 0.352 e. The van der Waals surface area contributed by atoms with Crippen LogP contribution in [0.15, 0.2) is 83.8 Å². The van der Waals surface area contributed by atoms with Crippen LogP contribution in [-0.2, 0) is 26.2 Å². The monoisotopic (exact) mass is 601 g/mol. The fourth-order valence-corrected chi connectivity index (χ4v) is 6.62. The molecule has 3 aromatic rings. The van der Waals surface area contributed by atoms with E-state index in [4.69, 9.17) is 23.2 Å². The zero-order valence-electron chi connectivity index (χ0n) is 22.3. The minimum atomic E-state index is -4.12. The van der Waals surface area contributed by atoms with E-state index in [-0.39, 0.29) is 29.1 Å². The van der Waals surface area contributed by atoms with E-state index in [9.17, 15) is 18.0 Å². The summed E-state index contributed by atoms with van der Waals surface area (Å²) in [6.45, 7) is 1.46. The Labute approximate surface area is 246 Å². The third-order valence-electron chi connectivity index (χ3n) is 7.08. The molecule has 1 fully saturated rings. The van der Waals surface area contributed by atoms with Crippen LogP contribution in [0.4, 0.5) is 5.69 Å². The van der Waals surface area contributed by atoms with E-state index in [1.54, 1.807) is 66.7 Å². The number of benzene rings is 3. The van der Waals surface area contributed by atoms with Crippen molar-refractivity contribution in [2.24, 2.45) is 0 Å². The number of carbonyl (C=O) groups excluding carboxylic acids is 2. The summed E-state index contributed by atoms with van der Waals surface area (Å²) in [7, 11) is -4.12. The van der Waals surface area contributed by atoms with Crippen molar-refractivity contribution < 1.29 is 18.0 Å². The van der Waals surface area contributed by atoms with E-state index >= 15 is 0 Å². The third-order valence-corrected chi connectivity index (χ3v) is 9.37. The summed E-state index contributed by atoms with van der Waals surface area (Å²) >= 11 is 12.1. The van der Waals surface area contributed by atoms with Crippen molar-refractivity contribution in [1.29, 1.82) is 0 Å². The maximum atomic E-state index is 14.1. The second-order valence-electron chi connectivity index (χ2n) is 9.86. The van der Waals surface area contributed by atoms with Crippen LogP contribution in [0.25, 0.3) is 0 Å². The fourth-order valence-electron chi connectivity index (χ4n) is 4.93. The molecule has 3 aromatic carbocycles. The van der Waals surface area contributed by atoms with Gasteiger partial charge in [-0.3, -0.25) is 13.9 Å². The van der Waals surface area contributed by atoms with Gasteiger partial charge in [0, 0.05) is 22.6 Å². The van der Waals surface area contributed by atoms with Crippen LogP contribution in [0, 0.1) is 0 Å². The molecule has 40 heavy (non-hydrogen) atoms. The van der Waals surface area contributed by atoms with Crippen molar-refractivity contribution in [3.05, 3.63) is 94.5 Å². The molecule has 0 heterocycles. The molecule has 0 saturated heterocycles. The summed E-state index contributed by atoms with van der Waals surface area (Å²) in [5.74, 6) is -0.737. The van der Waals surface area contributed by atoms with Crippen LogP contribution in [0.5, 0.6) is 0 Å². The van der Waals surface area contributed by atoms with Gasteiger partial charge in [0.25, 0.3) is 10.0 Å². The molecule has 0 radical (unpaired) electrons. The molecule has 1 aliphatic rings. The first-order valence-electron chi connectivity index (χ1n) is 13.4. The Balaban J connectivity index is 1.69. The fraction of sp³-hybridized carbons (Fsp3) is 0.333. The summed E-state index contributed by atoms with van der Waals surface area (Å²) in [6, 6.07) is 20.5. The molecule has 2 amide bonds. The number of carbonyl (C=O) groups is 2. The molecule has 0 spiro atoms. The maximum absolute atomic E-state index is 14.1. The van der Waals surface area contributed by atoms with Gasteiger partial charge in [0.15, 0.2) is 0 Å². The van der Waals surface area contributed by atoms with Crippen molar-refractivity contribution in [3.63, 3.8) is 0 Å². The van der Waals surface area contributed by atoms with Crippen LogP contribution in [-0.4, -0.2) is 43.8 Å². The van der Waals surface area contributed by atoms with Gasteiger partial charge in [-0.25, -0.2) is 8.42 Å². The maximum Gasteiger partial charge on any atom is 0.264 e. The van der Waals surface area contributed by atoms with Crippen molar-refractivity contribution in [3.8, 4) is 0 Å². The third kappa shape index (κ3) is 7.36. The highest BCUT2D eigenvalue weighted by Crippen LogP contribution is 2.26. The van der Waals surface area contributed by atoms with Gasteiger partial charge in [-0.05, 0) is 73.4 Å². The van der Waals surface area contributed by atoms with Crippen molar-refractivity contribution in [1.82, 2.24) is 10.2 Å². The number of nitrogens with zero attached hydrogens (tertiary/aromatic N) is 2. The Morgan fingerprint density at radius 2 is 1.48 bits per heavy atom. The predicted octanol–water partition coefficient (Wildman–Crippen LogP) is 6.05. The standard InChI is InChI=1S/C30H33Cl2N3O4S/c1-2-28(30(37)33-25-8-6-7-9-25)34(20-22-12-14-23(31)15-13-22)29(36)21-35(26-18-16-24(32)17-19-26)40(38,39)27-10-4-3-5-11-27/h3-5,10-19,25,28H,2,6-9,20-21H2,1H3,(H,33,37). The summed E-state index contributed by atoms with van der Waals surface area (Å²) in [4.78, 5) is 29.1. The first-order valence-corrected chi connectivity index (χ1v) is 15.6. The number of hydrogen-bond acceptors (Lipinski definition) is 4. The van der Waals surface area contributed by atoms with Gasteiger partial charge >= 0.3 is 0 Å². The highest BCUT2D eigenvalue weighted by Gasteiger charge is 2.34. The van der Waals surface area contributed by atoms with Crippen LogP contribution >= 0.6 is 23.2 Å². The highest BCUT2D eigenvalue weighted by molar-refractivity contribution is 7.92. The Hall–Kier alpha value is -3.07. The van der Waals surface area contributed by atoms with Gasteiger partial charge in [-0.1, -0.05) is 73.3 Å². The molecule has 1 saturated carbocycles. The number of amides is 2. The van der Waals surface area contributed by atoms with Crippen molar-refractivity contribution in [2.75, 3.05) is 10.8 Å². The number of sulfonamides is 1. The Morgan fingerprint density at radius 3 is 2.05 bits per heavy atom. The highest BCUT2D eigenvalue weighted by atomic mass is 35.5.